The molecule has 3 atom stereocenters. The molecule has 3 aliphatic rings. The van der Waals surface area contributed by atoms with Crippen LogP contribution in [0.25, 0.3) is 0 Å². The van der Waals surface area contributed by atoms with E-state index in [2.05, 4.69) is 9.47 Å². The van der Waals surface area contributed by atoms with Crippen LogP contribution in [0.2, 0.25) is 0 Å². The predicted octanol–water partition coefficient (Wildman–Crippen LogP) is 4.26. The van der Waals surface area contributed by atoms with Crippen molar-refractivity contribution in [1.29, 1.82) is 0 Å². The maximum absolute atomic E-state index is 14.5. The van der Waals surface area contributed by atoms with E-state index < -0.39 is 88.9 Å². The third-order valence-electron chi connectivity index (χ3n) is 6.83. The first kappa shape index (κ1) is 23.2. The molecule has 1 aromatic rings. The van der Waals surface area contributed by atoms with Crippen LogP contribution in [0.5, 0.6) is 0 Å². The van der Waals surface area contributed by atoms with Gasteiger partial charge in [-0.2, -0.15) is 26.3 Å². The van der Waals surface area contributed by atoms with E-state index in [-0.39, 0.29) is 19.3 Å². The van der Waals surface area contributed by atoms with Gasteiger partial charge in [-0.05, 0) is 55.2 Å². The van der Waals surface area contributed by atoms with Crippen LogP contribution in [-0.4, -0.2) is 36.2 Å². The number of halogens is 6. The molecule has 0 amide bonds. The Hall–Kier alpha value is -2.92. The van der Waals surface area contributed by atoms with Crippen LogP contribution in [-0.2, 0) is 24.5 Å². The summed E-state index contributed by atoms with van der Waals surface area (Å²) < 4.78 is 95.6. The van der Waals surface area contributed by atoms with Crippen molar-refractivity contribution in [3.8, 4) is 0 Å². The quantitative estimate of drug-likeness (QED) is 0.359. The SMILES string of the molecule is O=C1CC2CCC(C(c3ccc4c(c3)C(=O)OC4=O)(C(F)(F)F)C(F)(F)F)CCC2C(=O)O1. The van der Waals surface area contributed by atoms with Gasteiger partial charge in [-0.3, -0.25) is 9.59 Å². The molecule has 0 bridgehead atoms. The normalized spacial score (nSPS) is 26.3. The van der Waals surface area contributed by atoms with E-state index in [0.717, 1.165) is 6.07 Å². The first-order chi connectivity index (χ1) is 15.3. The summed E-state index contributed by atoms with van der Waals surface area (Å²) in [7, 11) is 0. The summed E-state index contributed by atoms with van der Waals surface area (Å²) in [5.74, 6) is -8.02. The standard InChI is InChI=1S/C21H16F6O6/c22-20(23,24)19(21(25,26)27,11-4-6-13-14(8-11)18(31)33-17(13)30)10-2-1-9-7-15(28)32-16(29)12(9)5-3-10/h4,6,8-10,12H,1-3,5,7H2. The van der Waals surface area contributed by atoms with Crippen LogP contribution in [0.15, 0.2) is 18.2 Å². The minimum atomic E-state index is -5.83. The third-order valence-corrected chi connectivity index (χ3v) is 6.83. The Balaban J connectivity index is 1.84. The second kappa shape index (κ2) is 7.56. The van der Waals surface area contributed by atoms with Gasteiger partial charge in [0.2, 0.25) is 0 Å². The molecule has 2 fully saturated rings. The highest BCUT2D eigenvalue weighted by Crippen LogP contribution is 2.60. The molecule has 6 nitrogen and oxygen atoms in total. The van der Waals surface area contributed by atoms with E-state index in [1.165, 1.54) is 0 Å². The van der Waals surface area contributed by atoms with Crippen molar-refractivity contribution >= 4 is 23.9 Å². The van der Waals surface area contributed by atoms with E-state index in [1.807, 2.05) is 0 Å². The minimum Gasteiger partial charge on any atom is -0.393 e. The van der Waals surface area contributed by atoms with Crippen molar-refractivity contribution in [2.45, 2.75) is 49.9 Å². The van der Waals surface area contributed by atoms with Crippen molar-refractivity contribution in [2.75, 3.05) is 0 Å². The topological polar surface area (TPSA) is 86.7 Å². The van der Waals surface area contributed by atoms with Crippen molar-refractivity contribution in [3.63, 3.8) is 0 Å². The zero-order chi connectivity index (χ0) is 24.3. The van der Waals surface area contributed by atoms with Crippen molar-refractivity contribution in [1.82, 2.24) is 0 Å². The number of alkyl halides is 6. The van der Waals surface area contributed by atoms with Crippen LogP contribution < -0.4 is 0 Å². The molecular formula is C21H16F6O6. The van der Waals surface area contributed by atoms with E-state index in [4.69, 9.17) is 0 Å². The maximum atomic E-state index is 14.5. The van der Waals surface area contributed by atoms with Gasteiger partial charge in [0.15, 0.2) is 5.41 Å². The molecule has 1 saturated carbocycles. The van der Waals surface area contributed by atoms with E-state index in [9.17, 15) is 45.5 Å². The lowest BCUT2D eigenvalue weighted by molar-refractivity contribution is -0.320. The number of ether oxygens (including phenoxy) is 2. The first-order valence-electron chi connectivity index (χ1n) is 10.1. The second-order valence-electron chi connectivity index (χ2n) is 8.46. The fourth-order valence-corrected chi connectivity index (χ4v) is 5.33. The van der Waals surface area contributed by atoms with Crippen molar-refractivity contribution in [2.24, 2.45) is 17.8 Å². The summed E-state index contributed by atoms with van der Waals surface area (Å²) in [6.45, 7) is 0. The number of rotatable bonds is 2. The van der Waals surface area contributed by atoms with Gasteiger partial charge < -0.3 is 9.47 Å². The lowest BCUT2D eigenvalue weighted by Gasteiger charge is -2.43. The summed E-state index contributed by atoms with van der Waals surface area (Å²) in [6, 6.07) is 1.67. The molecule has 1 aliphatic carbocycles. The summed E-state index contributed by atoms with van der Waals surface area (Å²) >= 11 is 0. The van der Waals surface area contributed by atoms with Gasteiger partial charge >= 0.3 is 36.2 Å². The third kappa shape index (κ3) is 3.50. The van der Waals surface area contributed by atoms with Crippen LogP contribution in [0, 0.1) is 17.8 Å². The molecule has 33 heavy (non-hydrogen) atoms. The van der Waals surface area contributed by atoms with Gasteiger partial charge in [-0.25, -0.2) is 9.59 Å². The molecule has 2 aliphatic heterocycles. The molecule has 178 valence electrons. The Morgan fingerprint density at radius 2 is 1.36 bits per heavy atom. The molecular weight excluding hydrogens is 462 g/mol. The van der Waals surface area contributed by atoms with Gasteiger partial charge in [0.25, 0.3) is 0 Å². The average Bonchev–Trinajstić information content (AvgIpc) is 2.83. The number of esters is 4. The molecule has 0 spiro atoms. The molecule has 2 heterocycles. The molecule has 12 heteroatoms. The van der Waals surface area contributed by atoms with Gasteiger partial charge in [-0.1, -0.05) is 6.07 Å². The Labute approximate surface area is 182 Å². The first-order valence-corrected chi connectivity index (χ1v) is 10.1. The number of hydrogen-bond donors (Lipinski definition) is 0. The summed E-state index contributed by atoms with van der Waals surface area (Å²) in [4.78, 5) is 47.0. The number of hydrogen-bond acceptors (Lipinski definition) is 6. The fraction of sp³-hybridized carbons (Fsp3) is 0.524. The Morgan fingerprint density at radius 1 is 0.758 bits per heavy atom. The van der Waals surface area contributed by atoms with E-state index in [0.29, 0.717) is 12.1 Å². The van der Waals surface area contributed by atoms with Crippen molar-refractivity contribution < 1.29 is 55.0 Å². The largest absolute Gasteiger partial charge is 0.407 e. The summed E-state index contributed by atoms with van der Waals surface area (Å²) in [5.41, 5.74) is -6.70. The lowest BCUT2D eigenvalue weighted by atomic mass is 9.65. The molecule has 0 aromatic heterocycles. The predicted molar refractivity (Wildman–Crippen MR) is 94.6 cm³/mol. The molecule has 4 rings (SSSR count). The number of benzene rings is 1. The minimum absolute atomic E-state index is 0.213. The van der Waals surface area contributed by atoms with Gasteiger partial charge in [0.1, 0.15) is 0 Å². The van der Waals surface area contributed by atoms with Gasteiger partial charge in [-0.15, -0.1) is 0 Å². The highest BCUT2D eigenvalue weighted by Gasteiger charge is 2.74. The number of carbonyl (C=O) groups is 4. The smallest absolute Gasteiger partial charge is 0.393 e. The summed E-state index contributed by atoms with van der Waals surface area (Å²) in [6.07, 6.45) is -13.6. The molecule has 1 aromatic carbocycles. The van der Waals surface area contributed by atoms with Crippen LogP contribution >= 0.6 is 0 Å². The highest BCUT2D eigenvalue weighted by atomic mass is 19.4. The Morgan fingerprint density at radius 3 is 2.00 bits per heavy atom. The number of carbonyl (C=O) groups excluding carboxylic acids is 4. The van der Waals surface area contributed by atoms with E-state index >= 15 is 0 Å². The number of fused-ring (bicyclic) bond motifs is 2. The Bertz CT molecular complexity index is 1030. The molecule has 0 radical (unpaired) electrons. The highest BCUT2D eigenvalue weighted by molar-refractivity contribution is 6.14. The second-order valence-corrected chi connectivity index (χ2v) is 8.46. The zero-order valence-electron chi connectivity index (χ0n) is 16.7. The summed E-state index contributed by atoms with van der Waals surface area (Å²) in [5, 5.41) is 0. The van der Waals surface area contributed by atoms with E-state index in [1.54, 1.807) is 0 Å². The van der Waals surface area contributed by atoms with Gasteiger partial charge in [0.05, 0.1) is 17.0 Å². The number of cyclic esters (lactones) is 4. The van der Waals surface area contributed by atoms with Crippen LogP contribution in [0.1, 0.15) is 58.4 Å². The monoisotopic (exact) mass is 478 g/mol. The fourth-order valence-electron chi connectivity index (χ4n) is 5.33. The molecule has 0 N–H and O–H groups in total. The maximum Gasteiger partial charge on any atom is 0.407 e. The average molecular weight is 478 g/mol. The lowest BCUT2D eigenvalue weighted by Crippen LogP contribution is -2.58. The Kier molecular flexibility index (Phi) is 5.32. The van der Waals surface area contributed by atoms with Crippen LogP contribution in [0.3, 0.4) is 0 Å². The zero-order valence-corrected chi connectivity index (χ0v) is 16.7. The van der Waals surface area contributed by atoms with Crippen LogP contribution in [0.4, 0.5) is 26.3 Å². The molecule has 3 unspecified atom stereocenters. The van der Waals surface area contributed by atoms with Crippen molar-refractivity contribution in [3.05, 3.63) is 34.9 Å². The van der Waals surface area contributed by atoms with Gasteiger partial charge in [0, 0.05) is 6.42 Å². The molecule has 1 saturated heterocycles.